The van der Waals surface area contributed by atoms with E-state index in [1.54, 1.807) is 0 Å². The average molecular weight is 444 g/mol. The van der Waals surface area contributed by atoms with Gasteiger partial charge in [-0.1, -0.05) is 74.3 Å². The van der Waals surface area contributed by atoms with Crippen molar-refractivity contribution in [2.24, 2.45) is 11.3 Å². The second kappa shape index (κ2) is 8.67. The summed E-state index contributed by atoms with van der Waals surface area (Å²) >= 11 is 12.7. The molecule has 2 nitrogen and oxygen atoms in total. The van der Waals surface area contributed by atoms with Gasteiger partial charge in [-0.15, -0.1) is 6.58 Å². The molecule has 0 N–H and O–H groups in total. The molecule has 0 bridgehead atoms. The number of halogens is 2. The highest BCUT2D eigenvalue weighted by molar-refractivity contribution is 6.30. The lowest BCUT2D eigenvalue weighted by Crippen LogP contribution is -2.55. The number of benzene rings is 2. The Morgan fingerprint density at radius 3 is 2.50 bits per heavy atom. The largest absolute Gasteiger partial charge is 0.361 e. The number of piperidine rings is 1. The highest BCUT2D eigenvalue weighted by Crippen LogP contribution is 2.56. The molecule has 0 aliphatic carbocycles. The van der Waals surface area contributed by atoms with Crippen molar-refractivity contribution in [2.75, 3.05) is 6.61 Å². The van der Waals surface area contributed by atoms with Gasteiger partial charge in [0.2, 0.25) is 0 Å². The van der Waals surface area contributed by atoms with Gasteiger partial charge in [-0.2, -0.15) is 0 Å². The summed E-state index contributed by atoms with van der Waals surface area (Å²) in [5.41, 5.74) is 2.55. The van der Waals surface area contributed by atoms with Gasteiger partial charge in [-0.3, -0.25) is 4.90 Å². The van der Waals surface area contributed by atoms with Gasteiger partial charge in [0, 0.05) is 33.5 Å². The topological polar surface area (TPSA) is 12.5 Å². The molecule has 30 heavy (non-hydrogen) atoms. The van der Waals surface area contributed by atoms with Gasteiger partial charge in [0.15, 0.2) is 0 Å². The standard InChI is InChI=1S/C26H31Cl2NO/c1-5-13-26(4)15-22(19-7-6-8-21(28)14-19)24(18-9-11-20(27)12-10-18)29-23(17(2)3)16-30-25(26)29/h5-12,14,17,22-25H,1,13,15-16H2,2-4H3/t22-,23-,24?,25?,26+/m1/s1. The molecule has 2 unspecified atom stereocenters. The van der Waals surface area contributed by atoms with Crippen LogP contribution in [0.2, 0.25) is 10.0 Å². The Morgan fingerprint density at radius 1 is 1.13 bits per heavy atom. The number of rotatable bonds is 5. The monoisotopic (exact) mass is 443 g/mol. The van der Waals surface area contributed by atoms with Gasteiger partial charge >= 0.3 is 0 Å². The third-order valence-electron chi connectivity index (χ3n) is 6.93. The van der Waals surface area contributed by atoms with Crippen LogP contribution in [0, 0.1) is 11.3 Å². The van der Waals surface area contributed by atoms with Gasteiger partial charge in [0.1, 0.15) is 6.23 Å². The summed E-state index contributed by atoms with van der Waals surface area (Å²) in [5, 5.41) is 1.55. The number of nitrogens with zero attached hydrogens (tertiary/aromatic N) is 1. The molecular weight excluding hydrogens is 413 g/mol. The molecule has 2 aromatic rings. The van der Waals surface area contributed by atoms with Crippen molar-refractivity contribution in [3.05, 3.63) is 82.4 Å². The highest BCUT2D eigenvalue weighted by atomic mass is 35.5. The summed E-state index contributed by atoms with van der Waals surface area (Å²) in [5.74, 6) is 0.796. The van der Waals surface area contributed by atoms with E-state index in [1.807, 2.05) is 24.3 Å². The normalized spacial score (nSPS) is 31.7. The molecule has 0 amide bonds. The minimum absolute atomic E-state index is 0.0126. The molecule has 2 aromatic carbocycles. The summed E-state index contributed by atoms with van der Waals surface area (Å²) in [4.78, 5) is 2.65. The third-order valence-corrected chi connectivity index (χ3v) is 7.42. The van der Waals surface area contributed by atoms with E-state index in [2.05, 4.69) is 62.6 Å². The maximum Gasteiger partial charge on any atom is 0.117 e. The van der Waals surface area contributed by atoms with Gasteiger partial charge in [-0.25, -0.2) is 0 Å². The Kier molecular flexibility index (Phi) is 6.33. The smallest absolute Gasteiger partial charge is 0.117 e. The van der Waals surface area contributed by atoms with E-state index in [9.17, 15) is 0 Å². The first-order valence-corrected chi connectivity index (χ1v) is 11.6. The molecule has 0 saturated carbocycles. The number of allylic oxidation sites excluding steroid dienone is 1. The molecule has 2 heterocycles. The Labute approximate surface area is 190 Å². The van der Waals surface area contributed by atoms with E-state index in [1.165, 1.54) is 11.1 Å². The first-order chi connectivity index (χ1) is 14.3. The summed E-state index contributed by atoms with van der Waals surface area (Å²) in [6.07, 6.45) is 4.04. The maximum atomic E-state index is 6.51. The first-order valence-electron chi connectivity index (χ1n) is 10.8. The molecule has 4 rings (SSSR count). The van der Waals surface area contributed by atoms with Gasteiger partial charge in [0.25, 0.3) is 0 Å². The van der Waals surface area contributed by atoms with Crippen LogP contribution in [-0.4, -0.2) is 23.8 Å². The molecule has 2 saturated heterocycles. The van der Waals surface area contributed by atoms with Crippen molar-refractivity contribution in [3.63, 3.8) is 0 Å². The van der Waals surface area contributed by atoms with Crippen LogP contribution in [0.3, 0.4) is 0 Å². The summed E-state index contributed by atoms with van der Waals surface area (Å²) in [6, 6.07) is 17.3. The molecule has 4 heteroatoms. The van der Waals surface area contributed by atoms with E-state index < -0.39 is 0 Å². The predicted molar refractivity (Wildman–Crippen MR) is 126 cm³/mol. The van der Waals surface area contributed by atoms with Crippen LogP contribution < -0.4 is 0 Å². The molecule has 0 radical (unpaired) electrons. The van der Waals surface area contributed by atoms with Gasteiger partial charge in [0.05, 0.1) is 6.61 Å². The number of ether oxygens (including phenoxy) is 1. The Bertz CT molecular complexity index is 896. The molecule has 5 atom stereocenters. The minimum atomic E-state index is -0.0126. The quantitative estimate of drug-likeness (QED) is 0.443. The Hall–Kier alpha value is -1.32. The van der Waals surface area contributed by atoms with Crippen LogP contribution in [-0.2, 0) is 4.74 Å². The van der Waals surface area contributed by atoms with E-state index >= 15 is 0 Å². The summed E-state index contributed by atoms with van der Waals surface area (Å²) in [7, 11) is 0. The molecule has 160 valence electrons. The van der Waals surface area contributed by atoms with E-state index in [4.69, 9.17) is 27.9 Å². The van der Waals surface area contributed by atoms with Crippen LogP contribution >= 0.6 is 23.2 Å². The van der Waals surface area contributed by atoms with Crippen molar-refractivity contribution < 1.29 is 4.74 Å². The lowest BCUT2D eigenvalue weighted by atomic mass is 9.66. The second-order valence-electron chi connectivity index (χ2n) is 9.45. The zero-order valence-corrected chi connectivity index (χ0v) is 19.5. The molecular formula is C26H31Cl2NO. The van der Waals surface area contributed by atoms with Crippen molar-refractivity contribution in [1.29, 1.82) is 0 Å². The Morgan fingerprint density at radius 2 is 1.87 bits per heavy atom. The van der Waals surface area contributed by atoms with Crippen molar-refractivity contribution in [1.82, 2.24) is 4.90 Å². The minimum Gasteiger partial charge on any atom is -0.361 e. The lowest BCUT2D eigenvalue weighted by Gasteiger charge is -2.53. The summed E-state index contributed by atoms with van der Waals surface area (Å²) in [6.45, 7) is 11.8. The van der Waals surface area contributed by atoms with Gasteiger partial charge in [-0.05, 0) is 54.2 Å². The lowest BCUT2D eigenvalue weighted by molar-refractivity contribution is -0.125. The fraction of sp³-hybridized carbons (Fsp3) is 0.462. The number of fused-ring (bicyclic) bond motifs is 1. The zero-order chi connectivity index (χ0) is 21.5. The van der Waals surface area contributed by atoms with Crippen molar-refractivity contribution in [2.45, 2.75) is 57.8 Å². The fourth-order valence-electron chi connectivity index (χ4n) is 5.52. The molecule has 2 fully saturated rings. The number of hydrogen-bond donors (Lipinski definition) is 0. The van der Waals surface area contributed by atoms with Crippen LogP contribution in [0.4, 0.5) is 0 Å². The number of hydrogen-bond acceptors (Lipinski definition) is 2. The maximum absolute atomic E-state index is 6.51. The second-order valence-corrected chi connectivity index (χ2v) is 10.3. The van der Waals surface area contributed by atoms with Crippen LogP contribution in [0.25, 0.3) is 0 Å². The fourth-order valence-corrected chi connectivity index (χ4v) is 5.85. The van der Waals surface area contributed by atoms with E-state index in [0.29, 0.717) is 17.9 Å². The highest BCUT2D eigenvalue weighted by Gasteiger charge is 2.55. The Balaban J connectivity index is 1.88. The average Bonchev–Trinajstić information content (AvgIpc) is 3.15. The molecule has 0 spiro atoms. The SMILES string of the molecule is C=CC[C@@]1(C)C[C@H](c2cccc(Cl)c2)C(c2ccc(Cl)cc2)N2C1OC[C@@H]2C(C)C. The van der Waals surface area contributed by atoms with Crippen molar-refractivity contribution in [3.8, 4) is 0 Å². The molecule has 2 aliphatic heterocycles. The molecule has 0 aromatic heterocycles. The van der Waals surface area contributed by atoms with Crippen LogP contribution in [0.1, 0.15) is 56.7 Å². The third kappa shape index (κ3) is 3.96. The van der Waals surface area contributed by atoms with Crippen LogP contribution in [0.15, 0.2) is 61.2 Å². The summed E-state index contributed by atoms with van der Waals surface area (Å²) < 4.78 is 6.51. The van der Waals surface area contributed by atoms with Gasteiger partial charge < -0.3 is 4.74 Å². The van der Waals surface area contributed by atoms with E-state index in [-0.39, 0.29) is 17.7 Å². The predicted octanol–water partition coefficient (Wildman–Crippen LogP) is 7.49. The first kappa shape index (κ1) is 21.9. The van der Waals surface area contributed by atoms with Crippen molar-refractivity contribution >= 4 is 23.2 Å². The van der Waals surface area contributed by atoms with E-state index in [0.717, 1.165) is 29.5 Å². The molecule has 2 aliphatic rings. The zero-order valence-electron chi connectivity index (χ0n) is 18.0. The van der Waals surface area contributed by atoms with Crippen LogP contribution in [0.5, 0.6) is 0 Å².